The third kappa shape index (κ3) is 3.43. The summed E-state index contributed by atoms with van der Waals surface area (Å²) in [7, 11) is 0. The van der Waals surface area contributed by atoms with Crippen molar-refractivity contribution >= 4 is 11.7 Å². The van der Waals surface area contributed by atoms with E-state index in [1.54, 1.807) is 12.1 Å². The van der Waals surface area contributed by atoms with E-state index in [1.807, 2.05) is 4.90 Å². The van der Waals surface area contributed by atoms with Crippen molar-refractivity contribution in [3.05, 3.63) is 46.5 Å². The zero-order valence-corrected chi connectivity index (χ0v) is 12.9. The summed E-state index contributed by atoms with van der Waals surface area (Å²) in [6.45, 7) is 1.32. The lowest BCUT2D eigenvalue weighted by atomic mass is 10.2. The van der Waals surface area contributed by atoms with Gasteiger partial charge in [0.05, 0.1) is 11.1 Å². The van der Waals surface area contributed by atoms with E-state index in [-0.39, 0.29) is 5.69 Å². The number of nitrogens with zero attached hydrogens (tertiary/aromatic N) is 3. The molecule has 8 heteroatoms. The summed E-state index contributed by atoms with van der Waals surface area (Å²) in [5.41, 5.74) is 0.583. The second-order valence-electron chi connectivity index (χ2n) is 5.71. The van der Waals surface area contributed by atoms with Gasteiger partial charge in [-0.05, 0) is 19.4 Å². The maximum atomic E-state index is 11.2. The Morgan fingerprint density at radius 1 is 1.50 bits per heavy atom. The first-order chi connectivity index (χ1) is 11.5. The molecule has 1 aliphatic heterocycles. The molecule has 1 aliphatic rings. The highest BCUT2D eigenvalue weighted by Gasteiger charge is 2.30. The number of carboxylic acids is 1. The van der Waals surface area contributed by atoms with Gasteiger partial charge in [-0.25, -0.2) is 4.98 Å². The lowest BCUT2D eigenvalue weighted by Crippen LogP contribution is -2.37. The summed E-state index contributed by atoms with van der Waals surface area (Å²) < 4.78 is 5.65. The van der Waals surface area contributed by atoms with E-state index in [0.29, 0.717) is 36.6 Å². The number of likely N-dealkylation sites (tertiary alicyclic amines) is 1. The van der Waals surface area contributed by atoms with Crippen LogP contribution in [0.25, 0.3) is 11.3 Å². The summed E-state index contributed by atoms with van der Waals surface area (Å²) in [6, 6.07) is 5.73. The fourth-order valence-corrected chi connectivity index (χ4v) is 2.94. The zero-order chi connectivity index (χ0) is 17.1. The van der Waals surface area contributed by atoms with Crippen LogP contribution in [0.3, 0.4) is 0 Å². The van der Waals surface area contributed by atoms with Crippen LogP contribution < -0.4 is 0 Å². The number of benzene rings is 1. The summed E-state index contributed by atoms with van der Waals surface area (Å²) in [4.78, 5) is 27.6. The second-order valence-corrected chi connectivity index (χ2v) is 5.71. The van der Waals surface area contributed by atoms with Crippen LogP contribution >= 0.6 is 0 Å². The zero-order valence-electron chi connectivity index (χ0n) is 12.9. The summed E-state index contributed by atoms with van der Waals surface area (Å²) in [5, 5.41) is 20.0. The van der Waals surface area contributed by atoms with Gasteiger partial charge in [0.1, 0.15) is 6.04 Å². The van der Waals surface area contributed by atoms with E-state index in [2.05, 4.69) is 4.98 Å². The lowest BCUT2D eigenvalue weighted by Gasteiger charge is -2.19. The van der Waals surface area contributed by atoms with E-state index in [1.165, 1.54) is 18.3 Å². The number of nitro groups is 1. The molecule has 1 aromatic heterocycles. The van der Waals surface area contributed by atoms with Crippen molar-refractivity contribution in [2.45, 2.75) is 25.3 Å². The van der Waals surface area contributed by atoms with Gasteiger partial charge >= 0.3 is 5.97 Å². The molecule has 3 rings (SSSR count). The molecular weight excluding hydrogens is 314 g/mol. The van der Waals surface area contributed by atoms with Crippen LogP contribution in [-0.2, 0) is 11.2 Å². The average Bonchev–Trinajstić information content (AvgIpc) is 3.22. The Labute approximate surface area is 137 Å². The summed E-state index contributed by atoms with van der Waals surface area (Å²) >= 11 is 0. The number of carbonyl (C=O) groups is 1. The van der Waals surface area contributed by atoms with Crippen LogP contribution in [0.1, 0.15) is 18.7 Å². The van der Waals surface area contributed by atoms with Crippen molar-refractivity contribution in [2.75, 3.05) is 13.1 Å². The van der Waals surface area contributed by atoms with Gasteiger partial charge in [-0.15, -0.1) is 0 Å². The average molecular weight is 331 g/mol. The molecule has 1 unspecified atom stereocenters. The molecule has 24 heavy (non-hydrogen) atoms. The fourth-order valence-electron chi connectivity index (χ4n) is 2.94. The van der Waals surface area contributed by atoms with Crippen LogP contribution in [-0.4, -0.2) is 45.0 Å². The molecule has 1 atom stereocenters. The molecule has 0 amide bonds. The topological polar surface area (TPSA) is 110 Å². The highest BCUT2D eigenvalue weighted by Crippen LogP contribution is 2.25. The van der Waals surface area contributed by atoms with Gasteiger partial charge in [-0.3, -0.25) is 19.8 Å². The molecule has 2 aromatic rings. The molecule has 0 radical (unpaired) electrons. The van der Waals surface area contributed by atoms with Crippen molar-refractivity contribution in [1.82, 2.24) is 9.88 Å². The first-order valence-electron chi connectivity index (χ1n) is 7.71. The van der Waals surface area contributed by atoms with Crippen LogP contribution in [0, 0.1) is 10.1 Å². The Morgan fingerprint density at radius 2 is 2.33 bits per heavy atom. The largest absolute Gasteiger partial charge is 0.480 e. The van der Waals surface area contributed by atoms with Gasteiger partial charge in [0.25, 0.3) is 5.69 Å². The van der Waals surface area contributed by atoms with E-state index in [9.17, 15) is 14.9 Å². The third-order valence-corrected chi connectivity index (χ3v) is 4.16. The number of non-ortho nitro benzene ring substituents is 1. The molecule has 0 saturated carbocycles. The maximum absolute atomic E-state index is 11.2. The molecule has 0 bridgehead atoms. The highest BCUT2D eigenvalue weighted by molar-refractivity contribution is 5.73. The van der Waals surface area contributed by atoms with E-state index < -0.39 is 16.9 Å². The minimum absolute atomic E-state index is 0.00758. The Kier molecular flexibility index (Phi) is 4.57. The van der Waals surface area contributed by atoms with Crippen molar-refractivity contribution in [3.8, 4) is 11.3 Å². The smallest absolute Gasteiger partial charge is 0.320 e. The molecule has 1 fully saturated rings. The summed E-state index contributed by atoms with van der Waals surface area (Å²) in [5.74, 6) is 0.162. The van der Waals surface area contributed by atoms with Gasteiger partial charge in [-0.1, -0.05) is 12.1 Å². The molecule has 1 aromatic carbocycles. The molecule has 8 nitrogen and oxygen atoms in total. The molecule has 1 saturated heterocycles. The van der Waals surface area contributed by atoms with Gasteiger partial charge in [-0.2, -0.15) is 0 Å². The number of carboxylic acid groups (broad SMARTS) is 1. The molecule has 1 N–H and O–H groups in total. The SMILES string of the molecule is O=C(O)C1CCCN1CCc1ncc(-c2cccc([N+](=O)[O-])c2)o1. The first kappa shape index (κ1) is 16.1. The Balaban J connectivity index is 1.67. The molecule has 2 heterocycles. The van der Waals surface area contributed by atoms with Crippen LogP contribution in [0.15, 0.2) is 34.9 Å². The molecule has 0 aliphatic carbocycles. The molecular formula is C16H17N3O5. The van der Waals surface area contributed by atoms with Gasteiger partial charge in [0, 0.05) is 30.7 Å². The number of nitro benzene ring substituents is 1. The normalized spacial score (nSPS) is 17.9. The molecule has 126 valence electrons. The quantitative estimate of drug-likeness (QED) is 0.639. The van der Waals surface area contributed by atoms with Gasteiger partial charge in [0.15, 0.2) is 11.7 Å². The number of hydrogen-bond donors (Lipinski definition) is 1. The standard InChI is InChI=1S/C16H17N3O5/c20-16(21)13-5-2-7-18(13)8-6-15-17-10-14(24-15)11-3-1-4-12(9-11)19(22)23/h1,3-4,9-10,13H,2,5-8H2,(H,20,21). The van der Waals surface area contributed by atoms with Crippen molar-refractivity contribution in [2.24, 2.45) is 0 Å². The minimum atomic E-state index is -0.794. The number of oxazole rings is 1. The number of aromatic nitrogens is 1. The monoisotopic (exact) mass is 331 g/mol. The van der Waals surface area contributed by atoms with E-state index >= 15 is 0 Å². The predicted molar refractivity (Wildman–Crippen MR) is 84.5 cm³/mol. The Bertz CT molecular complexity index is 758. The maximum Gasteiger partial charge on any atom is 0.320 e. The number of rotatable bonds is 6. The van der Waals surface area contributed by atoms with Crippen molar-refractivity contribution in [1.29, 1.82) is 0 Å². The third-order valence-electron chi connectivity index (χ3n) is 4.16. The Morgan fingerprint density at radius 3 is 3.08 bits per heavy atom. The first-order valence-corrected chi connectivity index (χ1v) is 7.71. The summed E-state index contributed by atoms with van der Waals surface area (Å²) in [6.07, 6.45) is 3.58. The highest BCUT2D eigenvalue weighted by atomic mass is 16.6. The molecule has 0 spiro atoms. The van der Waals surface area contributed by atoms with E-state index in [4.69, 9.17) is 9.52 Å². The van der Waals surface area contributed by atoms with Crippen molar-refractivity contribution < 1.29 is 19.2 Å². The van der Waals surface area contributed by atoms with E-state index in [0.717, 1.165) is 13.0 Å². The van der Waals surface area contributed by atoms with Crippen molar-refractivity contribution in [3.63, 3.8) is 0 Å². The van der Waals surface area contributed by atoms with Crippen LogP contribution in [0.4, 0.5) is 5.69 Å². The van der Waals surface area contributed by atoms with Crippen LogP contribution in [0.2, 0.25) is 0 Å². The predicted octanol–water partition coefficient (Wildman–Crippen LogP) is 2.34. The Hall–Kier alpha value is -2.74. The number of hydrogen-bond acceptors (Lipinski definition) is 6. The van der Waals surface area contributed by atoms with Gasteiger partial charge < -0.3 is 9.52 Å². The second kappa shape index (κ2) is 6.79. The number of aliphatic carboxylic acids is 1. The lowest BCUT2D eigenvalue weighted by molar-refractivity contribution is -0.384. The fraction of sp³-hybridized carbons (Fsp3) is 0.375. The van der Waals surface area contributed by atoms with Gasteiger partial charge in [0.2, 0.25) is 0 Å². The minimum Gasteiger partial charge on any atom is -0.480 e. The van der Waals surface area contributed by atoms with Crippen LogP contribution in [0.5, 0.6) is 0 Å².